The monoisotopic (exact) mass is 371 g/mol. The first-order chi connectivity index (χ1) is 12.2. The molecule has 0 N–H and O–H groups in total. The van der Waals surface area contributed by atoms with Crippen LogP contribution in [0.4, 0.5) is 0 Å². The number of hydrogen-bond acceptors (Lipinski definition) is 4. The lowest BCUT2D eigenvalue weighted by atomic mass is 10.2. The second kappa shape index (κ2) is 8.23. The molecule has 6 heteroatoms. The third-order valence-electron chi connectivity index (χ3n) is 3.61. The second-order valence-electron chi connectivity index (χ2n) is 5.36. The normalized spacial score (nSPS) is 10.6. The number of thioether (sulfide) groups is 1. The molecule has 0 aliphatic carbocycles. The highest BCUT2D eigenvalue weighted by Gasteiger charge is 2.14. The minimum atomic E-state index is 0.634. The van der Waals surface area contributed by atoms with Gasteiger partial charge in [-0.15, -0.1) is 16.8 Å². The van der Waals surface area contributed by atoms with Crippen LogP contribution in [-0.2, 0) is 12.3 Å². The van der Waals surface area contributed by atoms with Crippen molar-refractivity contribution in [3.63, 3.8) is 0 Å². The lowest BCUT2D eigenvalue weighted by Crippen LogP contribution is -2.00. The van der Waals surface area contributed by atoms with Gasteiger partial charge in [-0.1, -0.05) is 53.7 Å². The van der Waals surface area contributed by atoms with Crippen LogP contribution in [0.1, 0.15) is 5.56 Å². The van der Waals surface area contributed by atoms with E-state index in [1.54, 1.807) is 18.9 Å². The molecule has 0 unspecified atom stereocenters. The molecule has 25 heavy (non-hydrogen) atoms. The molecule has 0 spiro atoms. The van der Waals surface area contributed by atoms with E-state index in [9.17, 15) is 0 Å². The largest absolute Gasteiger partial charge is 0.497 e. The molecule has 1 aromatic heterocycles. The first-order valence-electron chi connectivity index (χ1n) is 7.77. The molecule has 0 saturated heterocycles. The van der Waals surface area contributed by atoms with Crippen LogP contribution in [0.2, 0.25) is 5.02 Å². The average Bonchev–Trinajstić information content (AvgIpc) is 3.03. The standard InChI is InChI=1S/C19H18ClN3OS/c1-3-10-23-18(15-7-5-8-16(20)12-15)21-22-19(23)25-13-14-6-4-9-17(11-14)24-2/h3-9,11-12H,1,10,13H2,2H3. The summed E-state index contributed by atoms with van der Waals surface area (Å²) in [6.45, 7) is 4.48. The topological polar surface area (TPSA) is 39.9 Å². The molecule has 0 bridgehead atoms. The van der Waals surface area contributed by atoms with Crippen molar-refractivity contribution in [2.45, 2.75) is 17.5 Å². The van der Waals surface area contributed by atoms with Crippen LogP contribution in [0.25, 0.3) is 11.4 Å². The number of methoxy groups -OCH3 is 1. The number of benzene rings is 2. The van der Waals surface area contributed by atoms with Crippen LogP contribution in [0.15, 0.2) is 66.3 Å². The lowest BCUT2D eigenvalue weighted by molar-refractivity contribution is 0.414. The van der Waals surface area contributed by atoms with Gasteiger partial charge in [0.1, 0.15) is 5.75 Å². The average molecular weight is 372 g/mol. The van der Waals surface area contributed by atoms with Crippen molar-refractivity contribution in [3.05, 3.63) is 71.8 Å². The fourth-order valence-corrected chi connectivity index (χ4v) is 3.52. The highest BCUT2D eigenvalue weighted by atomic mass is 35.5. The summed E-state index contributed by atoms with van der Waals surface area (Å²) in [5.41, 5.74) is 2.11. The summed E-state index contributed by atoms with van der Waals surface area (Å²) in [7, 11) is 1.67. The summed E-state index contributed by atoms with van der Waals surface area (Å²) in [5.74, 6) is 2.42. The third kappa shape index (κ3) is 4.24. The molecule has 4 nitrogen and oxygen atoms in total. The Kier molecular flexibility index (Phi) is 5.79. The maximum absolute atomic E-state index is 6.11. The molecule has 0 atom stereocenters. The quantitative estimate of drug-likeness (QED) is 0.428. The zero-order valence-corrected chi connectivity index (χ0v) is 15.4. The van der Waals surface area contributed by atoms with Gasteiger partial charge in [0.05, 0.1) is 7.11 Å². The van der Waals surface area contributed by atoms with Crippen LogP contribution < -0.4 is 4.74 Å². The molecule has 0 fully saturated rings. The number of hydrogen-bond donors (Lipinski definition) is 0. The number of halogens is 1. The van der Waals surface area contributed by atoms with Crippen molar-refractivity contribution >= 4 is 23.4 Å². The zero-order chi connectivity index (χ0) is 17.6. The molecular weight excluding hydrogens is 354 g/mol. The van der Waals surface area contributed by atoms with Crippen LogP contribution in [0.3, 0.4) is 0 Å². The van der Waals surface area contributed by atoms with E-state index < -0.39 is 0 Å². The summed E-state index contributed by atoms with van der Waals surface area (Å²) in [6.07, 6.45) is 1.84. The van der Waals surface area contributed by atoms with Gasteiger partial charge >= 0.3 is 0 Å². The number of ether oxygens (including phenoxy) is 1. The molecule has 0 aliphatic rings. The summed E-state index contributed by atoms with van der Waals surface area (Å²) in [4.78, 5) is 0. The van der Waals surface area contributed by atoms with Gasteiger partial charge in [-0.25, -0.2) is 0 Å². The van der Waals surface area contributed by atoms with E-state index in [1.165, 1.54) is 5.56 Å². The number of allylic oxidation sites excluding steroid dienone is 1. The predicted octanol–water partition coefficient (Wildman–Crippen LogP) is 5.09. The fourth-order valence-electron chi connectivity index (χ4n) is 2.44. The zero-order valence-electron chi connectivity index (χ0n) is 13.9. The second-order valence-corrected chi connectivity index (χ2v) is 6.73. The first kappa shape index (κ1) is 17.6. The Morgan fingerprint density at radius 1 is 1.20 bits per heavy atom. The summed E-state index contributed by atoms with van der Waals surface area (Å²) >= 11 is 7.74. The number of rotatable bonds is 7. The van der Waals surface area contributed by atoms with Crippen molar-refractivity contribution in [3.8, 4) is 17.1 Å². The van der Waals surface area contributed by atoms with E-state index in [4.69, 9.17) is 16.3 Å². The molecule has 2 aromatic carbocycles. The Bertz CT molecular complexity index is 879. The van der Waals surface area contributed by atoms with Gasteiger partial charge in [-0.2, -0.15) is 0 Å². The van der Waals surface area contributed by atoms with Gasteiger partial charge in [0, 0.05) is 22.9 Å². The molecule has 0 amide bonds. The maximum atomic E-state index is 6.11. The fraction of sp³-hybridized carbons (Fsp3) is 0.158. The van der Waals surface area contributed by atoms with Gasteiger partial charge < -0.3 is 4.74 Å². The van der Waals surface area contributed by atoms with Gasteiger partial charge in [-0.05, 0) is 29.8 Å². The van der Waals surface area contributed by atoms with Gasteiger partial charge in [0.15, 0.2) is 11.0 Å². The first-order valence-corrected chi connectivity index (χ1v) is 9.13. The molecule has 0 radical (unpaired) electrons. The Hall–Kier alpha value is -2.24. The van der Waals surface area contributed by atoms with Crippen LogP contribution in [-0.4, -0.2) is 21.9 Å². The Morgan fingerprint density at radius 2 is 2.04 bits per heavy atom. The highest BCUT2D eigenvalue weighted by molar-refractivity contribution is 7.98. The van der Waals surface area contributed by atoms with E-state index in [1.807, 2.05) is 53.1 Å². The van der Waals surface area contributed by atoms with Gasteiger partial charge in [-0.3, -0.25) is 4.57 Å². The van der Waals surface area contributed by atoms with Crippen molar-refractivity contribution in [2.75, 3.05) is 7.11 Å². The van der Waals surface area contributed by atoms with Crippen LogP contribution in [0, 0.1) is 0 Å². The summed E-state index contributed by atoms with van der Waals surface area (Å²) in [5, 5.41) is 10.2. The lowest BCUT2D eigenvalue weighted by Gasteiger charge is -2.08. The van der Waals surface area contributed by atoms with Gasteiger partial charge in [0.2, 0.25) is 0 Å². The minimum Gasteiger partial charge on any atom is -0.497 e. The Morgan fingerprint density at radius 3 is 2.80 bits per heavy atom. The number of nitrogens with zero attached hydrogens (tertiary/aromatic N) is 3. The molecule has 1 heterocycles. The third-order valence-corrected chi connectivity index (χ3v) is 4.89. The molecule has 3 rings (SSSR count). The molecular formula is C19H18ClN3OS. The molecule has 0 saturated carbocycles. The number of aromatic nitrogens is 3. The maximum Gasteiger partial charge on any atom is 0.192 e. The summed E-state index contributed by atoms with van der Waals surface area (Å²) in [6, 6.07) is 15.6. The van der Waals surface area contributed by atoms with E-state index in [2.05, 4.69) is 22.8 Å². The highest BCUT2D eigenvalue weighted by Crippen LogP contribution is 2.28. The summed E-state index contributed by atoms with van der Waals surface area (Å²) < 4.78 is 7.32. The van der Waals surface area contributed by atoms with E-state index in [0.717, 1.165) is 28.0 Å². The van der Waals surface area contributed by atoms with Crippen molar-refractivity contribution in [1.82, 2.24) is 14.8 Å². The molecule has 128 valence electrons. The van der Waals surface area contributed by atoms with Crippen LogP contribution in [0.5, 0.6) is 5.75 Å². The van der Waals surface area contributed by atoms with Crippen molar-refractivity contribution in [2.24, 2.45) is 0 Å². The van der Waals surface area contributed by atoms with Crippen molar-refractivity contribution in [1.29, 1.82) is 0 Å². The Balaban J connectivity index is 1.85. The predicted molar refractivity (Wildman–Crippen MR) is 103 cm³/mol. The smallest absolute Gasteiger partial charge is 0.192 e. The van der Waals surface area contributed by atoms with Crippen LogP contribution >= 0.6 is 23.4 Å². The minimum absolute atomic E-state index is 0.634. The SMILES string of the molecule is C=CCn1c(SCc2cccc(OC)c2)nnc1-c1cccc(Cl)c1. The van der Waals surface area contributed by atoms with Gasteiger partial charge in [0.25, 0.3) is 0 Å². The molecule has 0 aliphatic heterocycles. The van der Waals surface area contributed by atoms with E-state index in [0.29, 0.717) is 11.6 Å². The Labute approximate surface area is 156 Å². The molecule has 3 aromatic rings. The van der Waals surface area contributed by atoms with E-state index in [-0.39, 0.29) is 0 Å². The van der Waals surface area contributed by atoms with Crippen molar-refractivity contribution < 1.29 is 4.74 Å². The van der Waals surface area contributed by atoms with E-state index >= 15 is 0 Å².